The van der Waals surface area contributed by atoms with Crippen molar-refractivity contribution in [3.05, 3.63) is 163 Å². The number of aliphatic hydroxyl groups excluding tert-OH is 3. The fourth-order valence-electron chi connectivity index (χ4n) is 11.2. The van der Waals surface area contributed by atoms with Gasteiger partial charge >= 0.3 is 66.0 Å². The maximum absolute atomic E-state index is 13.7. The summed E-state index contributed by atoms with van der Waals surface area (Å²) in [5.41, 5.74) is -6.78. The number of aldehydes is 1. The van der Waals surface area contributed by atoms with Crippen molar-refractivity contribution in [1.29, 1.82) is 10.9 Å². The minimum Gasteiger partial charge on any atom is -0.462 e. The van der Waals surface area contributed by atoms with Gasteiger partial charge in [0.2, 0.25) is 0 Å². The number of para-hydroxylation sites is 1. The van der Waals surface area contributed by atoms with Crippen molar-refractivity contribution >= 4 is 40.0 Å². The van der Waals surface area contributed by atoms with E-state index in [9.17, 15) is 78.0 Å². The van der Waals surface area contributed by atoms with Crippen LogP contribution in [0, 0.1) is 5.53 Å². The van der Waals surface area contributed by atoms with Gasteiger partial charge in [-0.3, -0.25) is 66.7 Å². The molecular formula is C58H83BClN13NaO27P. The third kappa shape index (κ3) is 19.5. The van der Waals surface area contributed by atoms with E-state index in [1.165, 1.54) is 35.9 Å². The molecule has 0 amide bonds. The fraction of sp³-hybridized carbons (Fsp3) is 0.586. The van der Waals surface area contributed by atoms with Crippen LogP contribution in [0.4, 0.5) is 0 Å². The minimum atomic E-state index is -4.54. The number of nitrogens with one attached hydrogen (secondary N) is 6. The first-order valence-electron chi connectivity index (χ1n) is 35.5. The fourth-order valence-corrected chi connectivity index (χ4v) is 12.6. The van der Waals surface area contributed by atoms with Gasteiger partial charge in [0, 0.05) is 50.4 Å². The van der Waals surface area contributed by atoms with Gasteiger partial charge in [0.1, 0.15) is 76.9 Å². The molecule has 0 saturated carbocycles. The normalized spacial score (nSPS) is 33.5. The maximum Gasteiger partial charge on any atom is 1.00 e. The van der Waals surface area contributed by atoms with E-state index in [0.29, 0.717) is 10.9 Å². The molecule has 11 N–H and O–H groups in total. The van der Waals surface area contributed by atoms with Gasteiger partial charge in [0.05, 0.1) is 44.0 Å². The second kappa shape index (κ2) is 34.3. The van der Waals surface area contributed by atoms with Crippen LogP contribution in [0.3, 0.4) is 0 Å². The van der Waals surface area contributed by atoms with Gasteiger partial charge in [0.25, 0.3) is 22.2 Å². The zero-order valence-corrected chi connectivity index (χ0v) is 60.2. The van der Waals surface area contributed by atoms with E-state index in [2.05, 4.69) is 41.9 Å². The molecule has 20 atom stereocenters. The van der Waals surface area contributed by atoms with E-state index < -0.39 is 212 Å². The number of hydrogen-bond acceptors (Lipinski definition) is 29. The van der Waals surface area contributed by atoms with Crippen LogP contribution in [0.2, 0.25) is 0 Å². The molecule has 6 aliphatic rings. The van der Waals surface area contributed by atoms with Crippen LogP contribution < -0.4 is 84.2 Å². The van der Waals surface area contributed by atoms with Gasteiger partial charge in [0.15, 0.2) is 42.8 Å². The molecule has 11 rings (SSSR count). The summed E-state index contributed by atoms with van der Waals surface area (Å²) in [7, 11) is -7.54. The quantitative estimate of drug-likeness (QED) is 0.0110. The van der Waals surface area contributed by atoms with Crippen molar-refractivity contribution in [3.8, 4) is 5.75 Å². The number of hydrogen-bond donors (Lipinski definition) is 11. The Bertz CT molecular complexity index is 4710. The van der Waals surface area contributed by atoms with Crippen LogP contribution in [-0.2, 0) is 61.3 Å². The van der Waals surface area contributed by atoms with Crippen LogP contribution in [0.5, 0.6) is 5.75 Å². The molecule has 558 valence electrons. The van der Waals surface area contributed by atoms with Gasteiger partial charge in [-0.2, -0.15) is 10.6 Å². The Labute approximate surface area is 620 Å². The van der Waals surface area contributed by atoms with Crippen molar-refractivity contribution in [1.82, 2.24) is 43.3 Å². The smallest absolute Gasteiger partial charge is 0.462 e. The first-order chi connectivity index (χ1) is 51.2. The number of nitrogens with zero attached hydrogens (tertiary/aromatic N) is 7. The van der Waals surface area contributed by atoms with Crippen LogP contribution in [0.1, 0.15) is 116 Å². The number of H-pyrrole nitrogens is 4. The second-order valence-electron chi connectivity index (χ2n) is 24.5. The molecule has 0 aliphatic carbocycles. The summed E-state index contributed by atoms with van der Waals surface area (Å²) in [6.07, 6.45) is -9.77. The van der Waals surface area contributed by atoms with Crippen LogP contribution in [-0.4, -0.2) is 198 Å². The summed E-state index contributed by atoms with van der Waals surface area (Å²) in [6.45, 7) is 13.4. The van der Waals surface area contributed by atoms with E-state index in [4.69, 9.17) is 70.8 Å². The molecule has 102 heavy (non-hydrogen) atoms. The third-order valence-electron chi connectivity index (χ3n) is 15.4. The Balaban J connectivity index is 0.000000264. The Morgan fingerprint density at radius 3 is 1.62 bits per heavy atom. The number of aromatic amines is 4. The van der Waals surface area contributed by atoms with Crippen molar-refractivity contribution in [2.75, 3.05) is 13.2 Å². The summed E-state index contributed by atoms with van der Waals surface area (Å²) in [5, 5.41) is 58.4. The van der Waals surface area contributed by atoms with E-state index in [1.54, 1.807) is 73.6 Å². The number of ether oxygens (including phenoxy) is 9. The number of aromatic nitrogens is 8. The largest absolute Gasteiger partial charge is 1.00 e. The summed E-state index contributed by atoms with van der Waals surface area (Å²) in [6, 6.07) is 6.25. The van der Waals surface area contributed by atoms with Crippen molar-refractivity contribution < 1.29 is 129 Å². The number of esters is 1. The molecule has 6 fully saturated rings. The van der Waals surface area contributed by atoms with E-state index in [-0.39, 0.29) is 48.2 Å². The summed E-state index contributed by atoms with van der Waals surface area (Å²) in [4.78, 5) is 125. The molecule has 1 aromatic carbocycles. The number of halogens is 1. The van der Waals surface area contributed by atoms with Crippen LogP contribution in [0.25, 0.3) is 0 Å². The molecule has 6 aliphatic heterocycles. The number of carbonyl (C=O) groups is 2. The van der Waals surface area contributed by atoms with Gasteiger partial charge in [-0.1, -0.05) is 31.1 Å². The molecular weight excluding hydrogens is 1410 g/mol. The van der Waals surface area contributed by atoms with Gasteiger partial charge in [-0.15, -0.1) is 0 Å². The van der Waals surface area contributed by atoms with Crippen molar-refractivity contribution in [2.24, 2.45) is 15.1 Å². The molecule has 0 bridgehead atoms. The Kier molecular flexibility index (Phi) is 23.8. The van der Waals surface area contributed by atoms with E-state index in [1.807, 2.05) is 9.97 Å². The summed E-state index contributed by atoms with van der Waals surface area (Å²) in [5.74, 6) is -2.47. The predicted octanol–water partition coefficient (Wildman–Crippen LogP) is -4.78. The molecule has 0 radical (unpaired) electrons. The Morgan fingerprint density at radius 2 is 1.18 bits per heavy atom. The second-order valence-corrected chi connectivity index (χ2v) is 26.3. The summed E-state index contributed by atoms with van der Waals surface area (Å²) < 4.78 is 151. The Morgan fingerprint density at radius 1 is 0.735 bits per heavy atom. The molecule has 40 nitrogen and oxygen atoms in total. The molecule has 6 saturated heterocycles. The first-order valence-corrected chi connectivity index (χ1v) is 31.7. The Hall–Kier alpha value is -6.94. The molecule has 2 unspecified atom stereocenters. The minimum absolute atomic E-state index is 0. The zero-order chi connectivity index (χ0) is 84.0. The average molecular weight is 1500 g/mol. The molecule has 44 heteroatoms. The number of benzene rings is 1. The molecule has 5 aromatic rings. The molecule has 10 heterocycles. The SMILES string of the molecule is CC1(C)O[C@@H]2[C@@H](C=O)O[C@@H](n3ccc(=O)[nH]c3=O)[C@]2(C)O1.N=NN=NCl.[2H]C[C@H]1O[C@@H](n2cc([2H])c(=O)[nH]c2=O)[C@]2(C)OC(C)(C)O[C@H]12.[2H][B-]([2H])([2H])[2H].[2H]c1cn([C@@H]2O[C@H](C([2H])O)[C@@H](O)[C@@]2(C)O)c(=O)[nH]c1=O.[2H]c1cn([C@@H]2O[C@H](C([2H])O[P@@](=O)(N[C@@H](C)C(=O)OC(C)C)Oc3ccccc3)[C@@H](O)[C@@]2(C)O)c(=O)[nH]c1=O.[Na+]. The number of rotatable bonds is 16. The monoisotopic (exact) mass is 1500 g/mol. The number of aliphatic hydroxyl groups is 5. The standard InChI is InChI=1S/C22H30N3O10P.C13H16N2O6.C13H18N2O5.C10H14N2O6.BH4.ClHN4.Na/c1-13(2)33-19(28)14(3)24-36(31,35-15-8-6-5-7-9-15)32-12-16-18(27)22(4,30)20(34-16)25-11-10-17(26)23-21(25)29;1-12(2)20-9-7(6-16)19-10(13(9,3)21-12)15-5-4-8(17)14-11(15)18;1-7-9-13(4,20-12(2,3)19-9)10(18-7)15-6-5-8(16)14-11(15)17;1-10(17)7(15)5(4-13)18-8(10)12-3-2-6(14)11-9(12)16;;1-3-5-4-2;/h5-11,13-14,16,18,20,27,30H,12H2,1-4H3,(H,24,31)(H,23,26,29);4-7,9-10H,1-3H3,(H,14,17,18);5-7,9-10H,1-4H3,(H,14,16,17);2-3,5,7-8,13,15,17H,4H2,1H3,(H,11,14,16);1H4;2H;/q;;;;-1;;+1/t14-,16+,18+,20+,22+,36-;2*7-,9-,10-,13-;5-,7-,8-,10-;;;/m0111.../s1/i10D,12D;;1D,5D;2D,4D;1D4;;/t12?,14-,16+,18+,20+,22+,36-;;m;4?,5-,7-,8-,10-;;;. The average Bonchev–Trinajstić information content (AvgIpc) is 1.58. The zero-order valence-electron chi connectivity index (χ0n) is 66.5. The number of carbonyl (C=O) groups excluding carboxylic acids is 2. The topological polar surface area (TPSA) is 546 Å². The van der Waals surface area contributed by atoms with Gasteiger partial charge in [-0.05, 0) is 106 Å². The first kappa shape index (κ1) is 70.7. The number of fused-ring (bicyclic) bond motifs is 2. The van der Waals surface area contributed by atoms with Crippen molar-refractivity contribution in [3.63, 3.8) is 0 Å². The van der Waals surface area contributed by atoms with E-state index >= 15 is 0 Å². The third-order valence-corrected chi connectivity index (χ3v) is 17.1. The van der Waals surface area contributed by atoms with Gasteiger partial charge < -0.3 is 77.5 Å². The van der Waals surface area contributed by atoms with Crippen LogP contribution >= 0.6 is 19.5 Å². The van der Waals surface area contributed by atoms with Crippen LogP contribution in [0.15, 0.2) is 133 Å². The predicted molar refractivity (Wildman–Crippen MR) is 352 cm³/mol. The van der Waals surface area contributed by atoms with E-state index in [0.717, 1.165) is 41.6 Å². The molecule has 4 aromatic heterocycles. The maximum atomic E-state index is 13.7. The summed E-state index contributed by atoms with van der Waals surface area (Å²) >= 11 is 4.55. The molecule has 0 spiro atoms. The van der Waals surface area contributed by atoms with Crippen molar-refractivity contribution in [2.45, 2.75) is 203 Å². The van der Waals surface area contributed by atoms with Gasteiger partial charge in [-0.25, -0.2) is 29.1 Å².